The lowest BCUT2D eigenvalue weighted by atomic mass is 10.00. The Balaban J connectivity index is 1.67. The van der Waals surface area contributed by atoms with Gasteiger partial charge in [-0.3, -0.25) is 4.79 Å². The lowest BCUT2D eigenvalue weighted by molar-refractivity contribution is 0.0698. The van der Waals surface area contributed by atoms with E-state index in [1.165, 1.54) is 6.42 Å². The number of carbonyl (C=O) groups is 2. The Bertz CT molecular complexity index is 1110. The highest BCUT2D eigenvalue weighted by molar-refractivity contribution is 9.10. The summed E-state index contributed by atoms with van der Waals surface area (Å²) in [5.74, 6) is -0.0190. The van der Waals surface area contributed by atoms with Crippen LogP contribution in [0.5, 0.6) is 0 Å². The second-order valence-electron chi connectivity index (χ2n) is 7.72. The van der Waals surface area contributed by atoms with Gasteiger partial charge in [-0.25, -0.2) is 9.78 Å². The number of carbonyl (C=O) groups excluding carboxylic acids is 1. The number of amides is 1. The van der Waals surface area contributed by atoms with Crippen molar-refractivity contribution >= 4 is 50.2 Å². The first-order valence-corrected chi connectivity index (χ1v) is 10.7. The fourth-order valence-electron chi connectivity index (χ4n) is 3.83. The number of piperidine rings is 1. The number of hydrogen-bond acceptors (Lipinski definition) is 4. The van der Waals surface area contributed by atoms with Crippen molar-refractivity contribution in [2.75, 3.05) is 23.3 Å². The van der Waals surface area contributed by atoms with E-state index in [0.717, 1.165) is 24.0 Å². The number of carboxylic acid groups (broad SMARTS) is 1. The van der Waals surface area contributed by atoms with Crippen LogP contribution in [0.25, 0.3) is 10.9 Å². The molecule has 1 aliphatic rings. The SMILES string of the molecule is C[C@@H]1CCCN(c2cc(C(=O)O)c3cc(NC(=O)c4ccc(Br)cc4)ccc3n2)C1. The van der Waals surface area contributed by atoms with Gasteiger partial charge in [0.25, 0.3) is 5.91 Å². The second kappa shape index (κ2) is 8.44. The predicted octanol–water partition coefficient (Wildman–Crippen LogP) is 5.18. The molecule has 0 aliphatic carbocycles. The Labute approximate surface area is 183 Å². The standard InChI is InChI=1S/C23H22BrN3O3/c1-14-3-2-10-27(13-14)21-12-19(23(29)30)18-11-17(8-9-20(18)26-21)25-22(28)15-4-6-16(24)7-5-15/h4-9,11-12,14H,2-3,10,13H2,1H3,(H,25,28)(H,29,30)/t14-/m1/s1. The van der Waals surface area contributed by atoms with Crippen molar-refractivity contribution in [3.05, 3.63) is 64.1 Å². The first kappa shape index (κ1) is 20.3. The molecule has 0 bridgehead atoms. The molecule has 30 heavy (non-hydrogen) atoms. The van der Waals surface area contributed by atoms with Gasteiger partial charge >= 0.3 is 5.97 Å². The van der Waals surface area contributed by atoms with E-state index in [0.29, 0.717) is 33.9 Å². The lowest BCUT2D eigenvalue weighted by Crippen LogP contribution is -2.35. The molecule has 2 heterocycles. The molecule has 154 valence electrons. The summed E-state index contributed by atoms with van der Waals surface area (Å²) in [5.41, 5.74) is 1.83. The summed E-state index contributed by atoms with van der Waals surface area (Å²) in [6.07, 6.45) is 2.25. The van der Waals surface area contributed by atoms with E-state index >= 15 is 0 Å². The molecule has 2 aromatic carbocycles. The van der Waals surface area contributed by atoms with E-state index in [1.807, 2.05) is 0 Å². The van der Waals surface area contributed by atoms with Crippen LogP contribution in [0, 0.1) is 5.92 Å². The fraction of sp³-hybridized carbons (Fsp3) is 0.261. The Morgan fingerprint density at radius 1 is 1.17 bits per heavy atom. The van der Waals surface area contributed by atoms with Crippen LogP contribution in [0.15, 0.2) is 53.0 Å². The van der Waals surface area contributed by atoms with Crippen molar-refractivity contribution in [2.45, 2.75) is 19.8 Å². The van der Waals surface area contributed by atoms with Crippen molar-refractivity contribution in [3.8, 4) is 0 Å². The Kier molecular flexibility index (Phi) is 5.72. The van der Waals surface area contributed by atoms with Crippen molar-refractivity contribution in [1.82, 2.24) is 4.98 Å². The molecule has 0 radical (unpaired) electrons. The maximum atomic E-state index is 12.5. The molecular formula is C23H22BrN3O3. The van der Waals surface area contributed by atoms with Crippen LogP contribution in [-0.4, -0.2) is 35.1 Å². The third-order valence-electron chi connectivity index (χ3n) is 5.37. The Hall–Kier alpha value is -2.93. The zero-order valence-corrected chi connectivity index (χ0v) is 18.1. The number of fused-ring (bicyclic) bond motifs is 1. The Morgan fingerprint density at radius 2 is 1.93 bits per heavy atom. The van der Waals surface area contributed by atoms with E-state index in [9.17, 15) is 14.7 Å². The number of pyridine rings is 1. The van der Waals surface area contributed by atoms with Crippen molar-refractivity contribution in [1.29, 1.82) is 0 Å². The molecule has 4 rings (SSSR count). The average Bonchev–Trinajstić information content (AvgIpc) is 2.73. The van der Waals surface area contributed by atoms with E-state index in [4.69, 9.17) is 4.98 Å². The first-order chi connectivity index (χ1) is 14.4. The van der Waals surface area contributed by atoms with Crippen molar-refractivity contribution < 1.29 is 14.7 Å². The number of anilines is 2. The molecule has 7 heteroatoms. The van der Waals surface area contributed by atoms with Gasteiger partial charge in [-0.1, -0.05) is 22.9 Å². The number of aromatic carboxylic acids is 1. The van der Waals surface area contributed by atoms with E-state index in [2.05, 4.69) is 33.1 Å². The number of rotatable bonds is 4. The molecule has 3 aromatic rings. The molecule has 1 amide bonds. The van der Waals surface area contributed by atoms with Crippen molar-refractivity contribution in [2.24, 2.45) is 5.92 Å². The van der Waals surface area contributed by atoms with Gasteiger partial charge in [-0.05, 0) is 67.3 Å². The fourth-order valence-corrected chi connectivity index (χ4v) is 4.09. The highest BCUT2D eigenvalue weighted by Crippen LogP contribution is 2.28. The molecule has 1 fully saturated rings. The molecule has 1 saturated heterocycles. The summed E-state index contributed by atoms with van der Waals surface area (Å²) in [6.45, 7) is 3.95. The highest BCUT2D eigenvalue weighted by Gasteiger charge is 2.21. The summed E-state index contributed by atoms with van der Waals surface area (Å²) in [5, 5.41) is 13.1. The number of carboxylic acids is 1. The van der Waals surface area contributed by atoms with E-state index in [-0.39, 0.29) is 11.5 Å². The van der Waals surface area contributed by atoms with E-state index < -0.39 is 5.97 Å². The number of nitrogens with one attached hydrogen (secondary N) is 1. The average molecular weight is 468 g/mol. The lowest BCUT2D eigenvalue weighted by Gasteiger charge is -2.32. The summed E-state index contributed by atoms with van der Waals surface area (Å²) >= 11 is 3.35. The summed E-state index contributed by atoms with van der Waals surface area (Å²) in [6, 6.07) is 13.9. The van der Waals surface area contributed by atoms with Gasteiger partial charge in [0.05, 0.1) is 11.1 Å². The topological polar surface area (TPSA) is 82.5 Å². The summed E-state index contributed by atoms with van der Waals surface area (Å²) in [7, 11) is 0. The number of halogens is 1. The van der Waals surface area contributed by atoms with Gasteiger partial charge in [0.2, 0.25) is 0 Å². The molecule has 2 N–H and O–H groups in total. The molecule has 0 spiro atoms. The van der Waals surface area contributed by atoms with Crippen LogP contribution < -0.4 is 10.2 Å². The highest BCUT2D eigenvalue weighted by atomic mass is 79.9. The molecule has 0 unspecified atom stereocenters. The number of aromatic nitrogens is 1. The van der Waals surface area contributed by atoms with Crippen LogP contribution in [-0.2, 0) is 0 Å². The summed E-state index contributed by atoms with van der Waals surface area (Å²) in [4.78, 5) is 31.3. The number of nitrogens with zero attached hydrogens (tertiary/aromatic N) is 2. The monoisotopic (exact) mass is 467 g/mol. The minimum atomic E-state index is -1.01. The maximum absolute atomic E-state index is 12.5. The van der Waals surface area contributed by atoms with Crippen LogP contribution in [0.2, 0.25) is 0 Å². The quantitative estimate of drug-likeness (QED) is 0.551. The number of hydrogen-bond donors (Lipinski definition) is 2. The predicted molar refractivity (Wildman–Crippen MR) is 121 cm³/mol. The zero-order chi connectivity index (χ0) is 21.3. The normalized spacial score (nSPS) is 16.5. The minimum Gasteiger partial charge on any atom is -0.478 e. The van der Waals surface area contributed by atoms with Crippen LogP contribution >= 0.6 is 15.9 Å². The van der Waals surface area contributed by atoms with Crippen molar-refractivity contribution in [3.63, 3.8) is 0 Å². The largest absolute Gasteiger partial charge is 0.478 e. The molecule has 1 aliphatic heterocycles. The molecule has 1 aromatic heterocycles. The van der Waals surface area contributed by atoms with Crippen LogP contribution in [0.1, 0.15) is 40.5 Å². The Morgan fingerprint density at radius 3 is 2.63 bits per heavy atom. The van der Waals surface area contributed by atoms with Gasteiger partial charge in [-0.2, -0.15) is 0 Å². The molecule has 6 nitrogen and oxygen atoms in total. The zero-order valence-electron chi connectivity index (χ0n) is 16.6. The van der Waals surface area contributed by atoms with Crippen LogP contribution in [0.4, 0.5) is 11.5 Å². The third kappa shape index (κ3) is 4.31. The van der Waals surface area contributed by atoms with Gasteiger partial charge in [0, 0.05) is 34.2 Å². The van der Waals surface area contributed by atoms with Gasteiger partial charge in [0.15, 0.2) is 0 Å². The first-order valence-electron chi connectivity index (χ1n) is 9.90. The van der Waals surface area contributed by atoms with Gasteiger partial charge < -0.3 is 15.3 Å². The second-order valence-corrected chi connectivity index (χ2v) is 8.64. The molecular weight excluding hydrogens is 446 g/mol. The van der Waals surface area contributed by atoms with Gasteiger partial charge in [0.1, 0.15) is 5.82 Å². The molecule has 0 saturated carbocycles. The smallest absolute Gasteiger partial charge is 0.336 e. The van der Waals surface area contributed by atoms with Crippen LogP contribution in [0.3, 0.4) is 0 Å². The third-order valence-corrected chi connectivity index (χ3v) is 5.90. The maximum Gasteiger partial charge on any atom is 0.336 e. The minimum absolute atomic E-state index is 0.188. The summed E-state index contributed by atoms with van der Waals surface area (Å²) < 4.78 is 0.890. The van der Waals surface area contributed by atoms with E-state index in [1.54, 1.807) is 48.5 Å². The number of benzene rings is 2. The molecule has 1 atom stereocenters. The van der Waals surface area contributed by atoms with Gasteiger partial charge in [-0.15, -0.1) is 0 Å².